The predicted molar refractivity (Wildman–Crippen MR) is 78.7 cm³/mol. The number of nitrogens with zero attached hydrogens (tertiary/aromatic N) is 2. The average Bonchev–Trinajstić information content (AvgIpc) is 2.84. The van der Waals surface area contributed by atoms with Crippen LogP contribution in [0.1, 0.15) is 24.8 Å². The highest BCUT2D eigenvalue weighted by atomic mass is 79.9. The molecule has 2 N–H and O–H groups in total. The van der Waals surface area contributed by atoms with E-state index in [9.17, 15) is 0 Å². The SMILES string of the molecule is CCC(CN)Cc1nc(-c2ccc(C)cc2Br)no1. The lowest BCUT2D eigenvalue weighted by atomic mass is 10.0. The zero-order valence-electron chi connectivity index (χ0n) is 11.2. The van der Waals surface area contributed by atoms with Crippen molar-refractivity contribution in [3.8, 4) is 11.4 Å². The van der Waals surface area contributed by atoms with E-state index in [1.165, 1.54) is 5.56 Å². The standard InChI is InChI=1S/C14H18BrN3O/c1-3-10(8-16)7-13-17-14(18-19-13)11-5-4-9(2)6-12(11)15/h4-6,10H,3,7-8,16H2,1-2H3. The lowest BCUT2D eigenvalue weighted by Crippen LogP contribution is -2.15. The van der Waals surface area contributed by atoms with E-state index >= 15 is 0 Å². The Morgan fingerprint density at radius 3 is 2.84 bits per heavy atom. The van der Waals surface area contributed by atoms with Crippen molar-refractivity contribution < 1.29 is 4.52 Å². The van der Waals surface area contributed by atoms with Gasteiger partial charge < -0.3 is 10.3 Å². The lowest BCUT2D eigenvalue weighted by Gasteiger charge is -2.07. The Balaban J connectivity index is 2.20. The second-order valence-corrected chi connectivity index (χ2v) is 5.56. The first-order valence-electron chi connectivity index (χ1n) is 6.43. The van der Waals surface area contributed by atoms with Crippen molar-refractivity contribution in [1.29, 1.82) is 0 Å². The van der Waals surface area contributed by atoms with Crippen LogP contribution in [0.4, 0.5) is 0 Å². The number of halogens is 1. The number of rotatable bonds is 5. The summed E-state index contributed by atoms with van der Waals surface area (Å²) >= 11 is 3.53. The second kappa shape index (κ2) is 6.30. The predicted octanol–water partition coefficient (Wildman–Crippen LogP) is 3.33. The molecule has 1 unspecified atom stereocenters. The van der Waals surface area contributed by atoms with Crippen molar-refractivity contribution in [2.75, 3.05) is 6.54 Å². The summed E-state index contributed by atoms with van der Waals surface area (Å²) < 4.78 is 6.28. The summed E-state index contributed by atoms with van der Waals surface area (Å²) in [4.78, 5) is 4.44. The van der Waals surface area contributed by atoms with Crippen molar-refractivity contribution in [3.63, 3.8) is 0 Å². The summed E-state index contributed by atoms with van der Waals surface area (Å²) in [5, 5.41) is 4.04. The van der Waals surface area contributed by atoms with Gasteiger partial charge in [0.25, 0.3) is 0 Å². The maximum absolute atomic E-state index is 5.69. The Hall–Kier alpha value is -1.20. The van der Waals surface area contributed by atoms with E-state index in [1.54, 1.807) is 0 Å². The minimum Gasteiger partial charge on any atom is -0.339 e. The lowest BCUT2D eigenvalue weighted by molar-refractivity contribution is 0.350. The fraction of sp³-hybridized carbons (Fsp3) is 0.429. The molecule has 0 aliphatic heterocycles. The van der Waals surface area contributed by atoms with Crippen molar-refractivity contribution in [1.82, 2.24) is 10.1 Å². The Kier molecular flexibility index (Phi) is 4.71. The number of aryl methyl sites for hydroxylation is 1. The van der Waals surface area contributed by atoms with Crippen LogP contribution in [0.15, 0.2) is 27.2 Å². The topological polar surface area (TPSA) is 64.9 Å². The van der Waals surface area contributed by atoms with Gasteiger partial charge in [0, 0.05) is 16.5 Å². The molecule has 5 heteroatoms. The Morgan fingerprint density at radius 2 is 2.21 bits per heavy atom. The van der Waals surface area contributed by atoms with E-state index in [1.807, 2.05) is 25.1 Å². The number of hydrogen-bond acceptors (Lipinski definition) is 4. The van der Waals surface area contributed by atoms with Gasteiger partial charge in [-0.1, -0.05) is 40.5 Å². The molecular formula is C14H18BrN3O. The highest BCUT2D eigenvalue weighted by Gasteiger charge is 2.14. The van der Waals surface area contributed by atoms with Gasteiger partial charge in [0.05, 0.1) is 0 Å². The number of hydrogen-bond donors (Lipinski definition) is 1. The molecule has 0 amide bonds. The van der Waals surface area contributed by atoms with Gasteiger partial charge in [0.2, 0.25) is 11.7 Å². The van der Waals surface area contributed by atoms with Gasteiger partial charge in [-0.25, -0.2) is 0 Å². The molecule has 0 saturated heterocycles. The third-order valence-corrected chi connectivity index (χ3v) is 3.86. The van der Waals surface area contributed by atoms with E-state index in [0.29, 0.717) is 24.2 Å². The highest BCUT2D eigenvalue weighted by Crippen LogP contribution is 2.27. The molecule has 0 fully saturated rings. The van der Waals surface area contributed by atoms with Gasteiger partial charge in [0.1, 0.15) is 0 Å². The van der Waals surface area contributed by atoms with E-state index in [2.05, 4.69) is 33.0 Å². The number of nitrogens with two attached hydrogens (primary N) is 1. The molecule has 102 valence electrons. The van der Waals surface area contributed by atoms with Gasteiger partial charge in [0.15, 0.2) is 0 Å². The molecule has 2 aromatic rings. The summed E-state index contributed by atoms with van der Waals surface area (Å²) in [6.45, 7) is 4.80. The van der Waals surface area contributed by atoms with Crippen molar-refractivity contribution in [2.45, 2.75) is 26.7 Å². The third-order valence-electron chi connectivity index (χ3n) is 3.21. The molecule has 0 spiro atoms. The molecule has 19 heavy (non-hydrogen) atoms. The van der Waals surface area contributed by atoms with Crippen molar-refractivity contribution >= 4 is 15.9 Å². The highest BCUT2D eigenvalue weighted by molar-refractivity contribution is 9.10. The van der Waals surface area contributed by atoms with Gasteiger partial charge in [-0.05, 0) is 37.1 Å². The molecule has 0 aliphatic carbocycles. The maximum Gasteiger partial charge on any atom is 0.227 e. The summed E-state index contributed by atoms with van der Waals surface area (Å²) in [6.07, 6.45) is 1.76. The van der Waals surface area contributed by atoms with E-state index < -0.39 is 0 Å². The molecule has 0 saturated carbocycles. The fourth-order valence-electron chi connectivity index (χ4n) is 1.89. The second-order valence-electron chi connectivity index (χ2n) is 4.71. The summed E-state index contributed by atoms with van der Waals surface area (Å²) in [7, 11) is 0. The van der Waals surface area contributed by atoms with Crippen LogP contribution >= 0.6 is 15.9 Å². The van der Waals surface area contributed by atoms with Crippen molar-refractivity contribution in [2.24, 2.45) is 11.7 Å². The zero-order chi connectivity index (χ0) is 13.8. The van der Waals surface area contributed by atoms with Crippen LogP contribution in [0.5, 0.6) is 0 Å². The Bertz CT molecular complexity index is 549. The van der Waals surface area contributed by atoms with E-state index in [0.717, 1.165) is 22.9 Å². The van der Waals surface area contributed by atoms with Crippen LogP contribution in [0.3, 0.4) is 0 Å². The molecule has 1 atom stereocenters. The molecule has 0 radical (unpaired) electrons. The van der Waals surface area contributed by atoms with Crippen LogP contribution in [-0.2, 0) is 6.42 Å². The number of benzene rings is 1. The van der Waals surface area contributed by atoms with Crippen LogP contribution in [0.2, 0.25) is 0 Å². The monoisotopic (exact) mass is 323 g/mol. The van der Waals surface area contributed by atoms with E-state index in [4.69, 9.17) is 10.3 Å². The van der Waals surface area contributed by atoms with Crippen molar-refractivity contribution in [3.05, 3.63) is 34.1 Å². The third kappa shape index (κ3) is 3.42. The molecule has 0 bridgehead atoms. The summed E-state index contributed by atoms with van der Waals surface area (Å²) in [5.74, 6) is 1.67. The quantitative estimate of drug-likeness (QED) is 0.916. The minimum atomic E-state index is 0.398. The minimum absolute atomic E-state index is 0.398. The smallest absolute Gasteiger partial charge is 0.227 e. The normalized spacial score (nSPS) is 12.6. The molecule has 1 aromatic carbocycles. The molecule has 4 nitrogen and oxygen atoms in total. The van der Waals surface area contributed by atoms with Crippen LogP contribution in [-0.4, -0.2) is 16.7 Å². The molecule has 2 rings (SSSR count). The van der Waals surface area contributed by atoms with Crippen LogP contribution in [0, 0.1) is 12.8 Å². The largest absolute Gasteiger partial charge is 0.339 e. The Morgan fingerprint density at radius 1 is 1.42 bits per heavy atom. The summed E-state index contributed by atoms with van der Waals surface area (Å²) in [5.41, 5.74) is 7.83. The average molecular weight is 324 g/mol. The Labute approximate surface area is 121 Å². The first-order valence-corrected chi connectivity index (χ1v) is 7.22. The first-order chi connectivity index (χ1) is 9.13. The van der Waals surface area contributed by atoms with Gasteiger partial charge >= 0.3 is 0 Å². The van der Waals surface area contributed by atoms with Crippen LogP contribution < -0.4 is 5.73 Å². The molecular weight excluding hydrogens is 306 g/mol. The van der Waals surface area contributed by atoms with Gasteiger partial charge in [-0.3, -0.25) is 0 Å². The van der Waals surface area contributed by atoms with Gasteiger partial charge in [-0.15, -0.1) is 0 Å². The van der Waals surface area contributed by atoms with Crippen LogP contribution in [0.25, 0.3) is 11.4 Å². The maximum atomic E-state index is 5.69. The first kappa shape index (κ1) is 14.2. The molecule has 1 heterocycles. The zero-order valence-corrected chi connectivity index (χ0v) is 12.8. The molecule has 1 aromatic heterocycles. The number of aromatic nitrogens is 2. The van der Waals surface area contributed by atoms with E-state index in [-0.39, 0.29) is 0 Å². The molecule has 0 aliphatic rings. The summed E-state index contributed by atoms with van der Waals surface area (Å²) in [6, 6.07) is 6.07. The fourth-order valence-corrected chi connectivity index (χ4v) is 2.56. The van der Waals surface area contributed by atoms with Gasteiger partial charge in [-0.2, -0.15) is 4.98 Å².